The molecule has 1 aromatic heterocycles. The quantitative estimate of drug-likeness (QED) is 0.776. The molecule has 1 heterocycles. The number of nitrogens with one attached hydrogen (secondary N) is 1. The minimum Gasteiger partial charge on any atom is -0.316 e. The zero-order valence-corrected chi connectivity index (χ0v) is 9.67. The Morgan fingerprint density at radius 3 is 2.71 bits per heavy atom. The standard InChI is InChI=1S/C11H21N3/c1-5-12-8-11(3,4)9-14-10(2)6-7-13-14/h6-7,12H,5,8-9H2,1-4H3. The van der Waals surface area contributed by atoms with Crippen LogP contribution in [0.4, 0.5) is 0 Å². The maximum absolute atomic E-state index is 4.30. The van der Waals surface area contributed by atoms with Crippen LogP contribution in [0, 0.1) is 12.3 Å². The summed E-state index contributed by atoms with van der Waals surface area (Å²) in [6, 6.07) is 2.04. The van der Waals surface area contributed by atoms with Crippen molar-refractivity contribution in [3.8, 4) is 0 Å². The highest BCUT2D eigenvalue weighted by Gasteiger charge is 2.18. The Labute approximate surface area is 86.5 Å². The molecule has 1 N–H and O–H groups in total. The minimum atomic E-state index is 0.257. The van der Waals surface area contributed by atoms with Crippen LogP contribution in [-0.4, -0.2) is 22.9 Å². The van der Waals surface area contributed by atoms with Crippen molar-refractivity contribution in [2.24, 2.45) is 5.41 Å². The molecule has 3 nitrogen and oxygen atoms in total. The summed E-state index contributed by atoms with van der Waals surface area (Å²) in [6.07, 6.45) is 1.86. The number of aryl methyl sites for hydroxylation is 1. The molecular formula is C11H21N3. The summed E-state index contributed by atoms with van der Waals surface area (Å²) in [5.74, 6) is 0. The second-order valence-corrected chi connectivity index (χ2v) is 4.57. The molecule has 0 aliphatic heterocycles. The SMILES string of the molecule is CCNCC(C)(C)Cn1nccc1C. The molecule has 0 radical (unpaired) electrons. The lowest BCUT2D eigenvalue weighted by Crippen LogP contribution is -2.33. The first-order valence-corrected chi connectivity index (χ1v) is 5.24. The lowest BCUT2D eigenvalue weighted by atomic mass is 9.93. The third-order valence-corrected chi connectivity index (χ3v) is 2.36. The fraction of sp³-hybridized carbons (Fsp3) is 0.727. The monoisotopic (exact) mass is 195 g/mol. The highest BCUT2D eigenvalue weighted by molar-refractivity contribution is 4.97. The van der Waals surface area contributed by atoms with E-state index in [2.05, 4.69) is 42.8 Å². The van der Waals surface area contributed by atoms with Crippen LogP contribution in [0.1, 0.15) is 26.5 Å². The Balaban J connectivity index is 2.54. The smallest absolute Gasteiger partial charge is 0.0492 e. The number of aromatic nitrogens is 2. The predicted octanol–water partition coefficient (Wildman–Crippen LogP) is 1.83. The van der Waals surface area contributed by atoms with E-state index in [1.807, 2.05) is 12.3 Å². The Morgan fingerprint density at radius 2 is 2.21 bits per heavy atom. The van der Waals surface area contributed by atoms with Crippen LogP contribution in [0.25, 0.3) is 0 Å². The van der Waals surface area contributed by atoms with Crippen molar-refractivity contribution in [1.29, 1.82) is 0 Å². The minimum absolute atomic E-state index is 0.257. The van der Waals surface area contributed by atoms with Crippen molar-refractivity contribution in [1.82, 2.24) is 15.1 Å². The third kappa shape index (κ3) is 3.14. The van der Waals surface area contributed by atoms with Gasteiger partial charge in [0.25, 0.3) is 0 Å². The van der Waals surface area contributed by atoms with Gasteiger partial charge in [0.2, 0.25) is 0 Å². The van der Waals surface area contributed by atoms with Gasteiger partial charge in [0, 0.05) is 25.0 Å². The van der Waals surface area contributed by atoms with E-state index in [1.165, 1.54) is 5.69 Å². The van der Waals surface area contributed by atoms with Gasteiger partial charge < -0.3 is 5.32 Å². The van der Waals surface area contributed by atoms with Crippen LogP contribution < -0.4 is 5.32 Å². The molecule has 0 bridgehead atoms. The van der Waals surface area contributed by atoms with Gasteiger partial charge in [-0.05, 0) is 24.9 Å². The third-order valence-electron chi connectivity index (χ3n) is 2.36. The Kier molecular flexibility index (Phi) is 3.69. The van der Waals surface area contributed by atoms with E-state index in [9.17, 15) is 0 Å². The van der Waals surface area contributed by atoms with Crippen molar-refractivity contribution in [2.45, 2.75) is 34.2 Å². The molecule has 0 atom stereocenters. The van der Waals surface area contributed by atoms with E-state index in [1.54, 1.807) is 0 Å². The molecule has 0 saturated carbocycles. The Bertz CT molecular complexity index is 276. The number of hydrogen-bond donors (Lipinski definition) is 1. The number of nitrogens with zero attached hydrogens (tertiary/aromatic N) is 2. The normalized spacial score (nSPS) is 12.0. The van der Waals surface area contributed by atoms with Gasteiger partial charge in [0.15, 0.2) is 0 Å². The molecule has 0 aliphatic rings. The fourth-order valence-electron chi connectivity index (χ4n) is 1.49. The zero-order chi connectivity index (χ0) is 10.6. The van der Waals surface area contributed by atoms with Gasteiger partial charge in [-0.2, -0.15) is 5.10 Å². The molecule has 0 amide bonds. The summed E-state index contributed by atoms with van der Waals surface area (Å²) in [5, 5.41) is 7.68. The van der Waals surface area contributed by atoms with Crippen LogP contribution in [-0.2, 0) is 6.54 Å². The summed E-state index contributed by atoms with van der Waals surface area (Å²) in [4.78, 5) is 0. The maximum Gasteiger partial charge on any atom is 0.0492 e. The van der Waals surface area contributed by atoms with Crippen molar-refractivity contribution < 1.29 is 0 Å². The highest BCUT2D eigenvalue weighted by Crippen LogP contribution is 2.17. The van der Waals surface area contributed by atoms with E-state index in [4.69, 9.17) is 0 Å². The van der Waals surface area contributed by atoms with Gasteiger partial charge >= 0.3 is 0 Å². The van der Waals surface area contributed by atoms with Gasteiger partial charge in [0.1, 0.15) is 0 Å². The van der Waals surface area contributed by atoms with Gasteiger partial charge in [0.05, 0.1) is 0 Å². The summed E-state index contributed by atoms with van der Waals surface area (Å²) in [7, 11) is 0. The molecule has 0 fully saturated rings. The predicted molar refractivity (Wildman–Crippen MR) is 59.3 cm³/mol. The van der Waals surface area contributed by atoms with Crippen LogP contribution in [0.3, 0.4) is 0 Å². The summed E-state index contributed by atoms with van der Waals surface area (Å²) >= 11 is 0. The second kappa shape index (κ2) is 4.60. The lowest BCUT2D eigenvalue weighted by molar-refractivity contribution is 0.276. The van der Waals surface area contributed by atoms with Gasteiger partial charge in [-0.25, -0.2) is 0 Å². The molecule has 0 aromatic carbocycles. The average Bonchev–Trinajstić information content (AvgIpc) is 2.48. The Morgan fingerprint density at radius 1 is 1.50 bits per heavy atom. The van der Waals surface area contributed by atoms with E-state index in [0.717, 1.165) is 19.6 Å². The molecule has 80 valence electrons. The summed E-state index contributed by atoms with van der Waals surface area (Å²) in [5.41, 5.74) is 1.49. The number of rotatable bonds is 5. The number of hydrogen-bond acceptors (Lipinski definition) is 2. The fourth-order valence-corrected chi connectivity index (χ4v) is 1.49. The largest absolute Gasteiger partial charge is 0.316 e. The van der Waals surface area contributed by atoms with Crippen LogP contribution >= 0.6 is 0 Å². The molecule has 14 heavy (non-hydrogen) atoms. The molecule has 0 aliphatic carbocycles. The van der Waals surface area contributed by atoms with Crippen molar-refractivity contribution in [3.63, 3.8) is 0 Å². The van der Waals surface area contributed by atoms with Crippen LogP contribution in [0.5, 0.6) is 0 Å². The molecule has 0 spiro atoms. The van der Waals surface area contributed by atoms with Gasteiger partial charge in [-0.3, -0.25) is 4.68 Å². The van der Waals surface area contributed by atoms with E-state index in [0.29, 0.717) is 0 Å². The van der Waals surface area contributed by atoms with Crippen molar-refractivity contribution >= 4 is 0 Å². The van der Waals surface area contributed by atoms with Crippen LogP contribution in [0.15, 0.2) is 12.3 Å². The van der Waals surface area contributed by atoms with Crippen molar-refractivity contribution in [3.05, 3.63) is 18.0 Å². The van der Waals surface area contributed by atoms with E-state index >= 15 is 0 Å². The van der Waals surface area contributed by atoms with E-state index < -0.39 is 0 Å². The summed E-state index contributed by atoms with van der Waals surface area (Å²) in [6.45, 7) is 11.8. The van der Waals surface area contributed by atoms with Gasteiger partial charge in [-0.1, -0.05) is 20.8 Å². The molecule has 0 saturated heterocycles. The topological polar surface area (TPSA) is 29.9 Å². The average molecular weight is 195 g/mol. The summed E-state index contributed by atoms with van der Waals surface area (Å²) < 4.78 is 2.07. The molecular weight excluding hydrogens is 174 g/mol. The molecule has 1 aromatic rings. The first-order valence-electron chi connectivity index (χ1n) is 5.24. The van der Waals surface area contributed by atoms with Gasteiger partial charge in [-0.15, -0.1) is 0 Å². The lowest BCUT2D eigenvalue weighted by Gasteiger charge is -2.25. The molecule has 0 unspecified atom stereocenters. The maximum atomic E-state index is 4.30. The highest BCUT2D eigenvalue weighted by atomic mass is 15.3. The first kappa shape index (κ1) is 11.2. The van der Waals surface area contributed by atoms with Crippen molar-refractivity contribution in [2.75, 3.05) is 13.1 Å². The van der Waals surface area contributed by atoms with E-state index in [-0.39, 0.29) is 5.41 Å². The van der Waals surface area contributed by atoms with Crippen LogP contribution in [0.2, 0.25) is 0 Å². The first-order chi connectivity index (χ1) is 6.55. The Hall–Kier alpha value is -0.830. The second-order valence-electron chi connectivity index (χ2n) is 4.57. The zero-order valence-electron chi connectivity index (χ0n) is 9.67. The molecule has 3 heteroatoms. The molecule has 1 rings (SSSR count).